The number of benzene rings is 1. The molecule has 3 nitrogen and oxygen atoms in total. The molecule has 0 radical (unpaired) electrons. The van der Waals surface area contributed by atoms with Crippen LogP contribution in [0.15, 0.2) is 16.6 Å². The zero-order valence-electron chi connectivity index (χ0n) is 6.81. The highest BCUT2D eigenvalue weighted by atomic mass is 79.9. The van der Waals surface area contributed by atoms with Gasteiger partial charge in [-0.1, -0.05) is 0 Å². The van der Waals surface area contributed by atoms with Gasteiger partial charge < -0.3 is 0 Å². The monoisotopic (exact) mass is 287 g/mol. The van der Waals surface area contributed by atoms with E-state index in [-0.39, 0.29) is 0 Å². The molecule has 15 heavy (non-hydrogen) atoms. The number of rotatable bonds is 1. The Bertz CT molecular complexity index is 418. The molecule has 0 saturated heterocycles. The number of nitro benzene ring substituents is 1. The zero-order chi connectivity index (χ0) is 11.8. The fourth-order valence-corrected chi connectivity index (χ4v) is 1.39. The molecule has 0 aromatic heterocycles. The van der Waals surface area contributed by atoms with Crippen LogP contribution in [0.1, 0.15) is 5.56 Å². The van der Waals surface area contributed by atoms with Crippen LogP contribution in [0.25, 0.3) is 0 Å². The predicted octanol–water partition coefficient (Wildman–Crippen LogP) is 3.52. The van der Waals surface area contributed by atoms with Gasteiger partial charge in [-0.15, -0.1) is 0 Å². The summed E-state index contributed by atoms with van der Waals surface area (Å²) in [6.07, 6.45) is -4.87. The molecule has 0 aliphatic rings. The minimum Gasteiger partial charge on any atom is -0.258 e. The van der Waals surface area contributed by atoms with Crippen molar-refractivity contribution in [2.24, 2.45) is 0 Å². The van der Waals surface area contributed by atoms with Gasteiger partial charge in [0.2, 0.25) is 0 Å². The van der Waals surface area contributed by atoms with E-state index in [0.717, 1.165) is 0 Å². The lowest BCUT2D eigenvalue weighted by Gasteiger charge is -2.08. The van der Waals surface area contributed by atoms with Crippen LogP contribution >= 0.6 is 15.9 Å². The number of hydrogen-bond acceptors (Lipinski definition) is 2. The van der Waals surface area contributed by atoms with E-state index in [1.54, 1.807) is 0 Å². The lowest BCUT2D eigenvalue weighted by molar-refractivity contribution is -0.385. The van der Waals surface area contributed by atoms with E-state index in [1.165, 1.54) is 0 Å². The van der Waals surface area contributed by atoms with Gasteiger partial charge in [-0.2, -0.15) is 13.2 Å². The maximum Gasteiger partial charge on any atom is 0.419 e. The van der Waals surface area contributed by atoms with Gasteiger partial charge in [-0.05, 0) is 22.0 Å². The molecule has 0 spiro atoms. The maximum absolute atomic E-state index is 13.0. The third-order valence-corrected chi connectivity index (χ3v) is 2.32. The predicted molar refractivity (Wildman–Crippen MR) is 45.8 cm³/mol. The Balaban J connectivity index is 3.41. The van der Waals surface area contributed by atoms with Crippen LogP contribution in [-0.2, 0) is 6.18 Å². The summed E-state index contributed by atoms with van der Waals surface area (Å²) in [7, 11) is 0. The summed E-state index contributed by atoms with van der Waals surface area (Å²) in [6, 6.07) is 0.925. The highest BCUT2D eigenvalue weighted by molar-refractivity contribution is 9.10. The van der Waals surface area contributed by atoms with E-state index in [0.29, 0.717) is 12.1 Å². The Hall–Kier alpha value is -1.18. The molecular formula is C7H2BrF4NO2. The van der Waals surface area contributed by atoms with Crippen molar-refractivity contribution in [3.63, 3.8) is 0 Å². The second-order valence-corrected chi connectivity index (χ2v) is 3.31. The van der Waals surface area contributed by atoms with Gasteiger partial charge >= 0.3 is 6.18 Å². The first kappa shape index (κ1) is 11.9. The second-order valence-electron chi connectivity index (χ2n) is 2.52. The average molecular weight is 288 g/mol. The molecule has 0 aliphatic heterocycles. The van der Waals surface area contributed by atoms with Crippen LogP contribution in [-0.4, -0.2) is 4.92 Å². The third-order valence-electron chi connectivity index (χ3n) is 1.56. The summed E-state index contributed by atoms with van der Waals surface area (Å²) in [5.41, 5.74) is -2.29. The van der Waals surface area contributed by atoms with E-state index in [1.807, 2.05) is 0 Å². The molecule has 0 atom stereocenters. The molecule has 1 aromatic rings. The Labute approximate surface area is 89.0 Å². The van der Waals surface area contributed by atoms with Gasteiger partial charge in [0.05, 0.1) is 10.5 Å². The lowest BCUT2D eigenvalue weighted by atomic mass is 10.2. The molecule has 0 aliphatic carbocycles. The fourth-order valence-electron chi connectivity index (χ4n) is 0.899. The Morgan fingerprint density at radius 3 is 2.27 bits per heavy atom. The largest absolute Gasteiger partial charge is 0.419 e. The lowest BCUT2D eigenvalue weighted by Crippen LogP contribution is -2.09. The van der Waals surface area contributed by atoms with Crippen LogP contribution in [0.4, 0.5) is 23.2 Å². The van der Waals surface area contributed by atoms with E-state index in [9.17, 15) is 27.7 Å². The average Bonchev–Trinajstić information content (AvgIpc) is 2.06. The summed E-state index contributed by atoms with van der Waals surface area (Å²) < 4.78 is 48.6. The Kier molecular flexibility index (Phi) is 2.98. The molecule has 0 unspecified atom stereocenters. The summed E-state index contributed by atoms with van der Waals surface area (Å²) in [5, 5.41) is 10.3. The minimum atomic E-state index is -4.87. The van der Waals surface area contributed by atoms with Gasteiger partial charge in [0.25, 0.3) is 5.69 Å². The van der Waals surface area contributed by atoms with Crippen molar-refractivity contribution < 1.29 is 22.5 Å². The van der Waals surface area contributed by atoms with Crippen molar-refractivity contribution in [3.05, 3.63) is 38.1 Å². The van der Waals surface area contributed by atoms with Crippen LogP contribution < -0.4 is 0 Å². The third kappa shape index (κ3) is 2.25. The molecule has 0 saturated carbocycles. The normalized spacial score (nSPS) is 11.5. The molecule has 82 valence electrons. The van der Waals surface area contributed by atoms with Gasteiger partial charge in [0, 0.05) is 6.07 Å². The van der Waals surface area contributed by atoms with Crippen molar-refractivity contribution in [2.45, 2.75) is 6.18 Å². The highest BCUT2D eigenvalue weighted by Crippen LogP contribution is 2.37. The smallest absolute Gasteiger partial charge is 0.258 e. The summed E-state index contributed by atoms with van der Waals surface area (Å²) in [5.74, 6) is -1.68. The van der Waals surface area contributed by atoms with Crippen molar-refractivity contribution in [3.8, 4) is 0 Å². The number of halogens is 5. The Morgan fingerprint density at radius 2 is 1.87 bits per heavy atom. The van der Waals surface area contributed by atoms with Crippen molar-refractivity contribution in [2.75, 3.05) is 0 Å². The molecule has 8 heteroatoms. The Morgan fingerprint density at radius 1 is 1.33 bits per heavy atom. The zero-order valence-corrected chi connectivity index (χ0v) is 8.39. The standard InChI is InChI=1S/C7H2BrF4NO2/c8-5-4(13(14)15)2-1-3(6(5)9)7(10,11)12/h1-2H. The van der Waals surface area contributed by atoms with Gasteiger partial charge in [0.15, 0.2) is 5.82 Å². The quantitative estimate of drug-likeness (QED) is 0.451. The first-order chi connectivity index (χ1) is 6.75. The SMILES string of the molecule is O=[N+]([O-])c1ccc(C(F)(F)F)c(F)c1Br. The number of nitro groups is 1. The molecule has 0 heterocycles. The topological polar surface area (TPSA) is 43.1 Å². The van der Waals surface area contributed by atoms with Gasteiger partial charge in [-0.25, -0.2) is 4.39 Å². The van der Waals surface area contributed by atoms with E-state index in [4.69, 9.17) is 0 Å². The van der Waals surface area contributed by atoms with Gasteiger partial charge in [-0.3, -0.25) is 10.1 Å². The number of nitrogens with zero attached hydrogens (tertiary/aromatic N) is 1. The second kappa shape index (κ2) is 3.76. The van der Waals surface area contributed by atoms with E-state index >= 15 is 0 Å². The van der Waals surface area contributed by atoms with E-state index < -0.39 is 32.6 Å². The van der Waals surface area contributed by atoms with Crippen molar-refractivity contribution >= 4 is 21.6 Å². The molecule has 0 bridgehead atoms. The van der Waals surface area contributed by atoms with Gasteiger partial charge in [0.1, 0.15) is 4.47 Å². The van der Waals surface area contributed by atoms with Crippen LogP contribution in [0.5, 0.6) is 0 Å². The maximum atomic E-state index is 13.0. The molecule has 0 N–H and O–H groups in total. The number of hydrogen-bond donors (Lipinski definition) is 0. The minimum absolute atomic E-state index is 0.332. The van der Waals surface area contributed by atoms with E-state index in [2.05, 4.69) is 15.9 Å². The first-order valence-electron chi connectivity index (χ1n) is 3.44. The van der Waals surface area contributed by atoms with Crippen LogP contribution in [0.2, 0.25) is 0 Å². The first-order valence-corrected chi connectivity index (χ1v) is 4.24. The number of alkyl halides is 3. The molecule has 0 amide bonds. The summed E-state index contributed by atoms with van der Waals surface area (Å²) in [4.78, 5) is 9.28. The summed E-state index contributed by atoms with van der Waals surface area (Å²) in [6.45, 7) is 0. The van der Waals surface area contributed by atoms with Crippen LogP contribution in [0, 0.1) is 15.9 Å². The van der Waals surface area contributed by atoms with Crippen LogP contribution in [0.3, 0.4) is 0 Å². The highest BCUT2D eigenvalue weighted by Gasteiger charge is 2.36. The van der Waals surface area contributed by atoms with Crippen molar-refractivity contribution in [1.29, 1.82) is 0 Å². The molecular weight excluding hydrogens is 286 g/mol. The molecule has 0 fully saturated rings. The molecule has 1 rings (SSSR count). The molecule has 1 aromatic carbocycles. The van der Waals surface area contributed by atoms with Crippen molar-refractivity contribution in [1.82, 2.24) is 0 Å². The summed E-state index contributed by atoms with van der Waals surface area (Å²) >= 11 is 2.41. The fraction of sp³-hybridized carbons (Fsp3) is 0.143.